The van der Waals surface area contributed by atoms with Gasteiger partial charge in [-0.2, -0.15) is 0 Å². The first-order chi connectivity index (χ1) is 11.2. The Morgan fingerprint density at radius 3 is 2.65 bits per heavy atom. The Hall–Kier alpha value is -1.44. The van der Waals surface area contributed by atoms with Crippen LogP contribution in [0.25, 0.3) is 0 Å². The molecular weight excluding hydrogens is 284 g/mol. The van der Waals surface area contributed by atoms with E-state index in [9.17, 15) is 0 Å². The van der Waals surface area contributed by atoms with E-state index in [-0.39, 0.29) is 0 Å². The third kappa shape index (κ3) is 2.38. The summed E-state index contributed by atoms with van der Waals surface area (Å²) in [6, 6.07) is 4.37. The highest BCUT2D eigenvalue weighted by atomic mass is 16.5. The number of methoxy groups -OCH3 is 1. The first-order valence-corrected chi connectivity index (χ1v) is 9.25. The Kier molecular flexibility index (Phi) is 3.87. The fraction of sp³-hybridized carbons (Fsp3) is 0.619. The quantitative estimate of drug-likeness (QED) is 0.709. The van der Waals surface area contributed by atoms with Crippen molar-refractivity contribution in [2.24, 2.45) is 11.8 Å². The summed E-state index contributed by atoms with van der Waals surface area (Å²) in [6.07, 6.45) is 7.82. The molecule has 0 N–H and O–H groups in total. The van der Waals surface area contributed by atoms with Gasteiger partial charge in [-0.15, -0.1) is 0 Å². The van der Waals surface area contributed by atoms with Crippen molar-refractivity contribution in [3.05, 3.63) is 34.4 Å². The normalized spacial score (nSPS) is 28.9. The highest BCUT2D eigenvalue weighted by Gasteiger charge is 2.43. The van der Waals surface area contributed by atoms with Crippen molar-refractivity contribution < 1.29 is 9.47 Å². The van der Waals surface area contributed by atoms with Gasteiger partial charge in [0.15, 0.2) is 0 Å². The number of fused-ring (bicyclic) bond motifs is 5. The lowest BCUT2D eigenvalue weighted by Gasteiger charge is -2.43. The zero-order chi connectivity index (χ0) is 16.0. The molecule has 0 heterocycles. The van der Waals surface area contributed by atoms with Gasteiger partial charge in [0, 0.05) is 11.6 Å². The summed E-state index contributed by atoms with van der Waals surface area (Å²) in [4.78, 5) is 0. The zero-order valence-corrected chi connectivity index (χ0v) is 14.7. The summed E-state index contributed by atoms with van der Waals surface area (Å²) in [7, 11) is 1.81. The predicted molar refractivity (Wildman–Crippen MR) is 93.4 cm³/mol. The van der Waals surface area contributed by atoms with Gasteiger partial charge in [0.2, 0.25) is 0 Å². The lowest BCUT2D eigenvalue weighted by molar-refractivity contribution is 0.227. The fourth-order valence-electron chi connectivity index (χ4n) is 5.49. The molecule has 3 aliphatic rings. The van der Waals surface area contributed by atoms with E-state index in [0.717, 1.165) is 23.3 Å². The van der Waals surface area contributed by atoms with Crippen LogP contribution in [0.1, 0.15) is 63.0 Å². The van der Waals surface area contributed by atoms with Gasteiger partial charge in [0.25, 0.3) is 0 Å². The molecule has 0 unspecified atom stereocenters. The molecule has 0 bridgehead atoms. The Morgan fingerprint density at radius 2 is 1.87 bits per heavy atom. The molecule has 0 spiro atoms. The number of ether oxygens (including phenoxy) is 2. The molecule has 1 fully saturated rings. The van der Waals surface area contributed by atoms with E-state index in [1.54, 1.807) is 11.1 Å². The van der Waals surface area contributed by atoms with Gasteiger partial charge in [0.05, 0.1) is 13.7 Å². The van der Waals surface area contributed by atoms with Gasteiger partial charge in [-0.05, 0) is 81.8 Å². The lowest BCUT2D eigenvalue weighted by Crippen LogP contribution is -2.31. The van der Waals surface area contributed by atoms with E-state index in [1.165, 1.54) is 49.7 Å². The van der Waals surface area contributed by atoms with E-state index in [1.807, 2.05) is 14.0 Å². The highest BCUT2D eigenvalue weighted by molar-refractivity contribution is 5.51. The van der Waals surface area contributed by atoms with Gasteiger partial charge >= 0.3 is 0 Å². The zero-order valence-electron chi connectivity index (χ0n) is 14.7. The molecular formula is C21H28O2. The van der Waals surface area contributed by atoms with Crippen molar-refractivity contribution >= 4 is 0 Å². The molecule has 1 saturated carbocycles. The second-order valence-corrected chi connectivity index (χ2v) is 7.43. The molecule has 0 aromatic heterocycles. The Morgan fingerprint density at radius 1 is 1.04 bits per heavy atom. The van der Waals surface area contributed by atoms with Crippen LogP contribution in [-0.2, 0) is 6.42 Å². The molecule has 3 aliphatic carbocycles. The molecule has 3 atom stereocenters. The fourth-order valence-corrected chi connectivity index (χ4v) is 5.49. The predicted octanol–water partition coefficient (Wildman–Crippen LogP) is 5.26. The molecule has 0 amide bonds. The third-order valence-corrected chi connectivity index (χ3v) is 6.43. The molecule has 2 nitrogen and oxygen atoms in total. The van der Waals surface area contributed by atoms with Gasteiger partial charge in [-0.3, -0.25) is 0 Å². The summed E-state index contributed by atoms with van der Waals surface area (Å²) in [6.45, 7) is 5.12. The molecule has 0 aliphatic heterocycles. The number of rotatable bonds is 3. The van der Waals surface area contributed by atoms with Crippen molar-refractivity contribution in [1.29, 1.82) is 0 Å². The topological polar surface area (TPSA) is 18.5 Å². The van der Waals surface area contributed by atoms with Crippen molar-refractivity contribution in [3.8, 4) is 11.5 Å². The van der Waals surface area contributed by atoms with Crippen LogP contribution in [0.2, 0.25) is 0 Å². The average molecular weight is 312 g/mol. The van der Waals surface area contributed by atoms with Crippen LogP contribution in [0.5, 0.6) is 11.5 Å². The number of hydrogen-bond acceptors (Lipinski definition) is 2. The maximum Gasteiger partial charge on any atom is 0.126 e. The number of hydrogen-bond donors (Lipinski definition) is 0. The Bertz CT molecular complexity index is 626. The maximum absolute atomic E-state index is 5.79. The van der Waals surface area contributed by atoms with Crippen molar-refractivity contribution in [2.75, 3.05) is 13.7 Å². The minimum absolute atomic E-state index is 0.684. The van der Waals surface area contributed by atoms with Crippen LogP contribution in [0, 0.1) is 11.8 Å². The van der Waals surface area contributed by atoms with Crippen LogP contribution >= 0.6 is 0 Å². The van der Waals surface area contributed by atoms with Crippen LogP contribution in [0.15, 0.2) is 23.3 Å². The minimum Gasteiger partial charge on any atom is -0.496 e. The van der Waals surface area contributed by atoms with E-state index in [2.05, 4.69) is 19.1 Å². The largest absolute Gasteiger partial charge is 0.496 e. The highest BCUT2D eigenvalue weighted by Crippen LogP contribution is 2.56. The SMILES string of the molecule is CCOc1cc2c(c(OC)c1)[C@H]1CCC3=C(C)CC[C@H]3[C@H]1CC2. The van der Waals surface area contributed by atoms with Gasteiger partial charge in [-0.1, -0.05) is 11.1 Å². The Balaban J connectivity index is 1.73. The van der Waals surface area contributed by atoms with Crippen molar-refractivity contribution in [1.82, 2.24) is 0 Å². The first-order valence-electron chi connectivity index (χ1n) is 9.25. The summed E-state index contributed by atoms with van der Waals surface area (Å²) in [5.74, 6) is 4.38. The van der Waals surface area contributed by atoms with Gasteiger partial charge < -0.3 is 9.47 Å². The number of allylic oxidation sites excluding steroid dienone is 2. The Labute approximate surface area is 139 Å². The number of aryl methyl sites for hydroxylation is 1. The summed E-state index contributed by atoms with van der Waals surface area (Å²) < 4.78 is 11.5. The smallest absolute Gasteiger partial charge is 0.126 e. The summed E-state index contributed by atoms with van der Waals surface area (Å²) in [5.41, 5.74) is 6.46. The van der Waals surface area contributed by atoms with Crippen molar-refractivity contribution in [3.63, 3.8) is 0 Å². The average Bonchev–Trinajstić information content (AvgIpc) is 2.95. The monoisotopic (exact) mass is 312 g/mol. The molecule has 0 saturated heterocycles. The molecule has 1 aromatic rings. The summed E-state index contributed by atoms with van der Waals surface area (Å²) >= 11 is 0. The van der Waals surface area contributed by atoms with Crippen LogP contribution < -0.4 is 9.47 Å². The molecule has 4 rings (SSSR count). The molecule has 1 aromatic carbocycles. The third-order valence-electron chi connectivity index (χ3n) is 6.43. The van der Waals surface area contributed by atoms with Gasteiger partial charge in [-0.25, -0.2) is 0 Å². The van der Waals surface area contributed by atoms with Crippen LogP contribution in [-0.4, -0.2) is 13.7 Å². The molecule has 23 heavy (non-hydrogen) atoms. The molecule has 0 radical (unpaired) electrons. The van der Waals surface area contributed by atoms with Crippen LogP contribution in [0.4, 0.5) is 0 Å². The molecule has 124 valence electrons. The summed E-state index contributed by atoms with van der Waals surface area (Å²) in [5, 5.41) is 0. The van der Waals surface area contributed by atoms with Crippen molar-refractivity contribution in [2.45, 2.75) is 58.3 Å². The van der Waals surface area contributed by atoms with E-state index in [0.29, 0.717) is 12.5 Å². The lowest BCUT2D eigenvalue weighted by atomic mass is 9.62. The van der Waals surface area contributed by atoms with Crippen LogP contribution in [0.3, 0.4) is 0 Å². The first kappa shape index (κ1) is 15.1. The van der Waals surface area contributed by atoms with Gasteiger partial charge in [0.1, 0.15) is 11.5 Å². The molecule has 2 heteroatoms. The second-order valence-electron chi connectivity index (χ2n) is 7.43. The standard InChI is InChI=1S/C21H28O2/c1-4-23-15-11-14-6-8-18-17-7-5-13(2)16(17)9-10-19(18)21(14)20(12-15)22-3/h11-12,17-19H,4-10H2,1-3H3/t17-,18-,19+/m1/s1. The second kappa shape index (κ2) is 5.89. The number of benzene rings is 1. The van der Waals surface area contributed by atoms with E-state index >= 15 is 0 Å². The maximum atomic E-state index is 5.79. The van der Waals surface area contributed by atoms with E-state index in [4.69, 9.17) is 9.47 Å². The van der Waals surface area contributed by atoms with E-state index < -0.39 is 0 Å². The minimum atomic E-state index is 0.684.